The summed E-state index contributed by atoms with van der Waals surface area (Å²) < 4.78 is 5.31. The molecule has 5 heteroatoms. The monoisotopic (exact) mass is 267 g/mol. The maximum Gasteiger partial charge on any atom is 0.307 e. The van der Waals surface area contributed by atoms with E-state index in [4.69, 9.17) is 9.84 Å². The van der Waals surface area contributed by atoms with Gasteiger partial charge in [-0.15, -0.1) is 0 Å². The maximum absolute atomic E-state index is 12.2. The van der Waals surface area contributed by atoms with Crippen LogP contribution in [0.3, 0.4) is 0 Å². The van der Waals surface area contributed by atoms with Crippen LogP contribution in [0.15, 0.2) is 12.2 Å². The van der Waals surface area contributed by atoms with E-state index in [9.17, 15) is 9.59 Å². The van der Waals surface area contributed by atoms with E-state index in [1.54, 1.807) is 0 Å². The van der Waals surface area contributed by atoms with Crippen molar-refractivity contribution in [1.82, 2.24) is 5.32 Å². The zero-order chi connectivity index (χ0) is 13.8. The standard InChI is InChI=1S/C14H21NO4/c1-9(10-6-7-19-8-10)15-13(16)11-4-2-3-5-12(11)14(17)18/h2-3,9-12H,4-8H2,1H3,(H,15,16)(H,17,18). The Morgan fingerprint density at radius 1 is 1.32 bits per heavy atom. The zero-order valence-electron chi connectivity index (χ0n) is 11.2. The van der Waals surface area contributed by atoms with Crippen molar-refractivity contribution in [3.05, 3.63) is 12.2 Å². The molecule has 0 saturated carbocycles. The van der Waals surface area contributed by atoms with E-state index in [0.717, 1.165) is 13.0 Å². The predicted octanol–water partition coefficient (Wildman–Crippen LogP) is 1.19. The van der Waals surface area contributed by atoms with Gasteiger partial charge < -0.3 is 15.2 Å². The van der Waals surface area contributed by atoms with Crippen molar-refractivity contribution in [2.45, 2.75) is 32.2 Å². The Balaban J connectivity index is 1.94. The quantitative estimate of drug-likeness (QED) is 0.750. The molecule has 106 valence electrons. The van der Waals surface area contributed by atoms with Gasteiger partial charge in [-0.05, 0) is 26.2 Å². The lowest BCUT2D eigenvalue weighted by Crippen LogP contribution is -2.45. The van der Waals surface area contributed by atoms with Crippen molar-refractivity contribution in [1.29, 1.82) is 0 Å². The second kappa shape index (κ2) is 6.19. The molecule has 5 nitrogen and oxygen atoms in total. The molecular weight excluding hydrogens is 246 g/mol. The number of carbonyl (C=O) groups excluding carboxylic acids is 1. The van der Waals surface area contributed by atoms with Gasteiger partial charge in [-0.3, -0.25) is 9.59 Å². The zero-order valence-corrected chi connectivity index (χ0v) is 11.2. The van der Waals surface area contributed by atoms with Crippen molar-refractivity contribution in [2.75, 3.05) is 13.2 Å². The molecule has 2 N–H and O–H groups in total. The van der Waals surface area contributed by atoms with Gasteiger partial charge in [-0.1, -0.05) is 12.2 Å². The Bertz CT molecular complexity index is 374. The van der Waals surface area contributed by atoms with Gasteiger partial charge in [0.15, 0.2) is 0 Å². The molecule has 0 radical (unpaired) electrons. The molecule has 4 unspecified atom stereocenters. The number of rotatable bonds is 4. The summed E-state index contributed by atoms with van der Waals surface area (Å²) in [6.07, 6.45) is 5.64. The van der Waals surface area contributed by atoms with Crippen LogP contribution in [0.2, 0.25) is 0 Å². The van der Waals surface area contributed by atoms with E-state index in [1.807, 2.05) is 19.1 Å². The van der Waals surface area contributed by atoms with Crippen molar-refractivity contribution < 1.29 is 19.4 Å². The van der Waals surface area contributed by atoms with Gasteiger partial charge in [0, 0.05) is 18.6 Å². The molecule has 1 saturated heterocycles. The first kappa shape index (κ1) is 14.1. The first-order chi connectivity index (χ1) is 9.09. The number of ether oxygens (including phenoxy) is 1. The third kappa shape index (κ3) is 3.35. The number of carboxylic acids is 1. The number of carbonyl (C=O) groups is 2. The topological polar surface area (TPSA) is 75.6 Å². The fraction of sp³-hybridized carbons (Fsp3) is 0.714. The molecule has 2 aliphatic rings. The van der Waals surface area contributed by atoms with Crippen molar-refractivity contribution in [3.8, 4) is 0 Å². The van der Waals surface area contributed by atoms with Crippen LogP contribution in [0, 0.1) is 17.8 Å². The van der Waals surface area contributed by atoms with Crippen LogP contribution in [-0.4, -0.2) is 36.2 Å². The molecule has 1 amide bonds. The molecule has 19 heavy (non-hydrogen) atoms. The Hall–Kier alpha value is -1.36. The lowest BCUT2D eigenvalue weighted by Gasteiger charge is -2.27. The van der Waals surface area contributed by atoms with E-state index >= 15 is 0 Å². The van der Waals surface area contributed by atoms with Gasteiger partial charge >= 0.3 is 5.97 Å². The Kier molecular flexibility index (Phi) is 4.58. The van der Waals surface area contributed by atoms with E-state index < -0.39 is 17.8 Å². The minimum Gasteiger partial charge on any atom is -0.481 e. The van der Waals surface area contributed by atoms with Gasteiger partial charge in [-0.2, -0.15) is 0 Å². The summed E-state index contributed by atoms with van der Waals surface area (Å²) >= 11 is 0. The van der Waals surface area contributed by atoms with Crippen LogP contribution in [0.1, 0.15) is 26.2 Å². The minimum absolute atomic E-state index is 0.0374. The van der Waals surface area contributed by atoms with E-state index in [-0.39, 0.29) is 11.9 Å². The minimum atomic E-state index is -0.888. The molecule has 0 bridgehead atoms. The molecule has 1 fully saturated rings. The largest absolute Gasteiger partial charge is 0.481 e. The lowest BCUT2D eigenvalue weighted by atomic mass is 9.82. The van der Waals surface area contributed by atoms with Crippen molar-refractivity contribution >= 4 is 11.9 Å². The van der Waals surface area contributed by atoms with Gasteiger partial charge in [0.05, 0.1) is 18.4 Å². The van der Waals surface area contributed by atoms with Crippen LogP contribution in [0.5, 0.6) is 0 Å². The number of hydrogen-bond acceptors (Lipinski definition) is 3. The van der Waals surface area contributed by atoms with Crippen LogP contribution in [0.4, 0.5) is 0 Å². The molecule has 1 aliphatic heterocycles. The number of nitrogens with one attached hydrogen (secondary N) is 1. The highest BCUT2D eigenvalue weighted by molar-refractivity contribution is 5.85. The molecule has 0 aromatic carbocycles. The first-order valence-electron chi connectivity index (χ1n) is 6.85. The number of carboxylic acid groups (broad SMARTS) is 1. The fourth-order valence-electron chi connectivity index (χ4n) is 2.77. The number of amides is 1. The van der Waals surface area contributed by atoms with Gasteiger partial charge in [0.1, 0.15) is 0 Å². The van der Waals surface area contributed by atoms with Gasteiger partial charge in [0.2, 0.25) is 5.91 Å². The highest BCUT2D eigenvalue weighted by Crippen LogP contribution is 2.26. The Labute approximate surface area is 113 Å². The third-order valence-corrected chi connectivity index (χ3v) is 4.13. The first-order valence-corrected chi connectivity index (χ1v) is 6.85. The molecule has 0 aromatic heterocycles. The number of hydrogen-bond donors (Lipinski definition) is 2. The summed E-state index contributed by atoms with van der Waals surface area (Å²) in [7, 11) is 0. The highest BCUT2D eigenvalue weighted by Gasteiger charge is 2.35. The van der Waals surface area contributed by atoms with E-state index in [1.165, 1.54) is 0 Å². The summed E-state index contributed by atoms with van der Waals surface area (Å²) in [6.45, 7) is 3.38. The number of aliphatic carboxylic acids is 1. The number of allylic oxidation sites excluding steroid dienone is 2. The lowest BCUT2D eigenvalue weighted by molar-refractivity contribution is -0.147. The second-order valence-electron chi connectivity index (χ2n) is 5.41. The van der Waals surface area contributed by atoms with Crippen molar-refractivity contribution in [3.63, 3.8) is 0 Å². The average Bonchev–Trinajstić information content (AvgIpc) is 2.92. The Morgan fingerprint density at radius 2 is 2.00 bits per heavy atom. The highest BCUT2D eigenvalue weighted by atomic mass is 16.5. The summed E-state index contributed by atoms with van der Waals surface area (Å²) in [5.41, 5.74) is 0. The van der Waals surface area contributed by atoms with Crippen LogP contribution < -0.4 is 5.32 Å². The van der Waals surface area contributed by atoms with Crippen LogP contribution in [-0.2, 0) is 14.3 Å². The molecule has 1 heterocycles. The average molecular weight is 267 g/mol. The summed E-state index contributed by atoms with van der Waals surface area (Å²) in [4.78, 5) is 23.4. The van der Waals surface area contributed by atoms with Gasteiger partial charge in [-0.25, -0.2) is 0 Å². The molecule has 2 rings (SSSR count). The maximum atomic E-state index is 12.2. The smallest absolute Gasteiger partial charge is 0.307 e. The Morgan fingerprint density at radius 3 is 2.58 bits per heavy atom. The van der Waals surface area contributed by atoms with Crippen molar-refractivity contribution in [2.24, 2.45) is 17.8 Å². The van der Waals surface area contributed by atoms with E-state index in [0.29, 0.717) is 25.4 Å². The molecule has 1 aliphatic carbocycles. The fourth-order valence-corrected chi connectivity index (χ4v) is 2.77. The van der Waals surface area contributed by atoms with Gasteiger partial charge in [0.25, 0.3) is 0 Å². The van der Waals surface area contributed by atoms with Crippen LogP contribution >= 0.6 is 0 Å². The summed E-state index contributed by atoms with van der Waals surface area (Å²) in [5.74, 6) is -1.74. The second-order valence-corrected chi connectivity index (χ2v) is 5.41. The normalized spacial score (nSPS) is 31.9. The summed E-state index contributed by atoms with van der Waals surface area (Å²) in [5, 5.41) is 12.1. The third-order valence-electron chi connectivity index (χ3n) is 4.13. The van der Waals surface area contributed by atoms with E-state index in [2.05, 4.69) is 5.32 Å². The molecule has 4 atom stereocenters. The molecule has 0 aromatic rings. The van der Waals surface area contributed by atoms with Crippen LogP contribution in [0.25, 0.3) is 0 Å². The molecule has 0 spiro atoms. The molecular formula is C14H21NO4. The predicted molar refractivity (Wildman–Crippen MR) is 69.5 cm³/mol. The summed E-state index contributed by atoms with van der Waals surface area (Å²) in [6, 6.07) is 0.0374. The SMILES string of the molecule is CC(NC(=O)C1CC=CCC1C(=O)O)C1CCOC1.